The van der Waals surface area contributed by atoms with E-state index < -0.39 is 0 Å². The van der Waals surface area contributed by atoms with E-state index in [0.717, 1.165) is 0 Å². The molecule has 0 aromatic carbocycles. The summed E-state index contributed by atoms with van der Waals surface area (Å²) in [5.41, 5.74) is 0. The molecule has 0 heterocycles. The zero-order valence-corrected chi connectivity index (χ0v) is 8.20. The molecule has 0 fully saturated rings. The minimum Gasteiger partial charge on any atom is -0.112 e. The van der Waals surface area contributed by atoms with Crippen LogP contribution in [0.3, 0.4) is 0 Å². The topological polar surface area (TPSA) is 0 Å². The summed E-state index contributed by atoms with van der Waals surface area (Å²) in [6.45, 7) is 2.14. The van der Waals surface area contributed by atoms with Crippen molar-refractivity contribution in [1.29, 1.82) is 0 Å². The summed E-state index contributed by atoms with van der Waals surface area (Å²) in [6, 6.07) is 0. The van der Waals surface area contributed by atoms with Gasteiger partial charge in [-0.25, -0.2) is 0 Å². The van der Waals surface area contributed by atoms with Gasteiger partial charge in [-0.1, -0.05) is 6.92 Å². The average molecular weight is 252 g/mol. The first-order valence-corrected chi connectivity index (χ1v) is 8.49. The van der Waals surface area contributed by atoms with Crippen LogP contribution in [0, 0.1) is 0 Å². The van der Waals surface area contributed by atoms with Crippen LogP contribution < -0.4 is 0 Å². The van der Waals surface area contributed by atoms with Crippen LogP contribution in [0.15, 0.2) is 0 Å². The normalized spacial score (nSPS) is 10.0. The van der Waals surface area contributed by atoms with Crippen molar-refractivity contribution in [2.75, 3.05) is 5.75 Å². The highest BCUT2D eigenvalue weighted by Gasteiger charge is 1.90. The second kappa shape index (κ2) is 4.89. The molecule has 0 spiro atoms. The SMILES string of the molecule is CCSP(Br)Br. The summed E-state index contributed by atoms with van der Waals surface area (Å²) in [7, 11) is 0. The van der Waals surface area contributed by atoms with Gasteiger partial charge in [0.05, 0.1) is 4.53 Å². The summed E-state index contributed by atoms with van der Waals surface area (Å²) in [4.78, 5) is 0. The Kier molecular flexibility index (Phi) is 6.31. The highest BCUT2D eigenvalue weighted by molar-refractivity contribution is 9.77. The van der Waals surface area contributed by atoms with Crippen LogP contribution in [0.25, 0.3) is 0 Å². The standard InChI is InChI=1S/C2H5Br2PS/c1-2-6-5(3)4/h2H2,1H3. The maximum absolute atomic E-state index is 3.38. The van der Waals surface area contributed by atoms with Crippen molar-refractivity contribution >= 4 is 46.9 Å². The van der Waals surface area contributed by atoms with Crippen LogP contribution >= 0.6 is 46.9 Å². The molecule has 0 bridgehead atoms. The third-order valence-corrected chi connectivity index (χ3v) is 5.73. The molecule has 0 aliphatic carbocycles. The maximum atomic E-state index is 3.38. The zero-order chi connectivity index (χ0) is 4.99. The van der Waals surface area contributed by atoms with Gasteiger partial charge in [0.1, 0.15) is 0 Å². The first kappa shape index (κ1) is 7.74. The minimum absolute atomic E-state index is 0.0589. The third kappa shape index (κ3) is 5.74. The van der Waals surface area contributed by atoms with Crippen LogP contribution in [0.4, 0.5) is 0 Å². The van der Waals surface area contributed by atoms with Gasteiger partial charge in [0, 0.05) is 0 Å². The lowest BCUT2D eigenvalue weighted by Gasteiger charge is -1.91. The third-order valence-electron chi connectivity index (χ3n) is 0.227. The Labute approximate surface area is 59.4 Å². The quantitative estimate of drug-likeness (QED) is 0.674. The van der Waals surface area contributed by atoms with E-state index in [2.05, 4.69) is 37.9 Å². The molecule has 0 aromatic heterocycles. The Bertz CT molecular complexity index is 32.7. The fraction of sp³-hybridized carbons (Fsp3) is 1.00. The van der Waals surface area contributed by atoms with E-state index in [9.17, 15) is 0 Å². The molecule has 4 heteroatoms. The molecule has 6 heavy (non-hydrogen) atoms. The number of rotatable bonds is 2. The van der Waals surface area contributed by atoms with Crippen LogP contribution in [-0.4, -0.2) is 5.75 Å². The molecular weight excluding hydrogens is 247 g/mol. The largest absolute Gasteiger partial charge is 0.112 e. The Morgan fingerprint density at radius 2 is 2.17 bits per heavy atom. The summed E-state index contributed by atoms with van der Waals surface area (Å²) in [6.07, 6.45) is 0. The molecule has 0 aliphatic heterocycles. The van der Waals surface area contributed by atoms with E-state index in [4.69, 9.17) is 0 Å². The number of hydrogen-bond donors (Lipinski definition) is 0. The van der Waals surface area contributed by atoms with E-state index in [1.807, 2.05) is 11.4 Å². The van der Waals surface area contributed by atoms with E-state index in [1.54, 1.807) is 0 Å². The second-order valence-electron chi connectivity index (χ2n) is 0.620. The fourth-order valence-corrected chi connectivity index (χ4v) is 4.56. The number of hydrogen-bond acceptors (Lipinski definition) is 1. The van der Waals surface area contributed by atoms with Crippen molar-refractivity contribution in [3.63, 3.8) is 0 Å². The summed E-state index contributed by atoms with van der Waals surface area (Å²) in [5.74, 6) is 1.18. The monoisotopic (exact) mass is 250 g/mol. The second-order valence-corrected chi connectivity index (χ2v) is 13.7. The van der Waals surface area contributed by atoms with Gasteiger partial charge >= 0.3 is 0 Å². The van der Waals surface area contributed by atoms with Gasteiger partial charge in [-0.3, -0.25) is 0 Å². The molecule has 0 aliphatic rings. The molecule has 0 aromatic rings. The van der Waals surface area contributed by atoms with Gasteiger partial charge in [-0.05, 0) is 36.7 Å². The van der Waals surface area contributed by atoms with Gasteiger partial charge in [-0.2, -0.15) is 0 Å². The molecule has 0 amide bonds. The Morgan fingerprint density at radius 1 is 1.67 bits per heavy atom. The molecule has 0 N–H and O–H groups in total. The lowest BCUT2D eigenvalue weighted by molar-refractivity contribution is 1.54. The molecule has 0 radical (unpaired) electrons. The molecule has 0 rings (SSSR count). The van der Waals surface area contributed by atoms with Crippen molar-refractivity contribution in [2.24, 2.45) is 0 Å². The van der Waals surface area contributed by atoms with Gasteiger partial charge in [0.15, 0.2) is 0 Å². The fourth-order valence-electron chi connectivity index (χ4n) is 0.0976. The van der Waals surface area contributed by atoms with E-state index in [0.29, 0.717) is 0 Å². The van der Waals surface area contributed by atoms with Crippen molar-refractivity contribution in [3.05, 3.63) is 0 Å². The summed E-state index contributed by atoms with van der Waals surface area (Å²) in [5, 5.41) is 0. The van der Waals surface area contributed by atoms with E-state index >= 15 is 0 Å². The van der Waals surface area contributed by atoms with Crippen LogP contribution in [0.2, 0.25) is 0 Å². The molecule has 0 nitrogen and oxygen atoms in total. The zero-order valence-electron chi connectivity index (χ0n) is 3.32. The smallest absolute Gasteiger partial charge is 0.0932 e. The Balaban J connectivity index is 2.63. The first-order chi connectivity index (χ1) is 2.77. The van der Waals surface area contributed by atoms with Crippen molar-refractivity contribution in [3.8, 4) is 0 Å². The van der Waals surface area contributed by atoms with Crippen molar-refractivity contribution < 1.29 is 0 Å². The first-order valence-electron chi connectivity index (χ1n) is 1.52. The molecule has 0 saturated heterocycles. The van der Waals surface area contributed by atoms with Crippen LogP contribution in [0.5, 0.6) is 0 Å². The van der Waals surface area contributed by atoms with Crippen LogP contribution in [-0.2, 0) is 0 Å². The van der Waals surface area contributed by atoms with Gasteiger partial charge < -0.3 is 0 Å². The van der Waals surface area contributed by atoms with E-state index in [1.165, 1.54) is 5.75 Å². The minimum atomic E-state index is -0.0589. The lowest BCUT2D eigenvalue weighted by atomic mass is 11.0. The molecule has 0 unspecified atom stereocenters. The van der Waals surface area contributed by atoms with Crippen LogP contribution in [0.1, 0.15) is 6.92 Å². The lowest BCUT2D eigenvalue weighted by Crippen LogP contribution is -1.49. The average Bonchev–Trinajstić information content (AvgIpc) is 1.35. The van der Waals surface area contributed by atoms with Gasteiger partial charge in [0.25, 0.3) is 0 Å². The van der Waals surface area contributed by atoms with Gasteiger partial charge in [0.2, 0.25) is 0 Å². The molecule has 0 saturated carbocycles. The van der Waals surface area contributed by atoms with Gasteiger partial charge in [-0.15, -0.1) is 11.4 Å². The Morgan fingerprint density at radius 3 is 2.17 bits per heavy atom. The predicted molar refractivity (Wildman–Crippen MR) is 42.9 cm³/mol. The molecule has 38 valence electrons. The van der Waals surface area contributed by atoms with Crippen molar-refractivity contribution in [2.45, 2.75) is 6.92 Å². The maximum Gasteiger partial charge on any atom is 0.0932 e. The predicted octanol–water partition coefficient (Wildman–Crippen LogP) is 3.76. The molecule has 0 atom stereocenters. The highest BCUT2D eigenvalue weighted by Crippen LogP contribution is 2.63. The van der Waals surface area contributed by atoms with Crippen molar-refractivity contribution in [1.82, 2.24) is 0 Å². The Hall–Kier alpha value is 1.74. The highest BCUT2D eigenvalue weighted by atomic mass is 79.9. The summed E-state index contributed by atoms with van der Waals surface area (Å²) < 4.78 is -0.0589. The van der Waals surface area contributed by atoms with E-state index in [-0.39, 0.29) is 4.53 Å². The summed E-state index contributed by atoms with van der Waals surface area (Å²) >= 11 is 8.64. The molecular formula is C2H5Br2PS. The number of halogens is 2.